The minimum Gasteiger partial charge on any atom is -0.497 e. The van der Waals surface area contributed by atoms with Crippen LogP contribution in [0.3, 0.4) is 0 Å². The van der Waals surface area contributed by atoms with E-state index in [1.54, 1.807) is 33.4 Å². The number of methoxy groups -OCH3 is 4. The molecule has 0 spiro atoms. The van der Waals surface area contributed by atoms with Crippen LogP contribution in [-0.2, 0) is 12.8 Å². The minimum atomic E-state index is -0.513. The van der Waals surface area contributed by atoms with Crippen molar-refractivity contribution in [3.05, 3.63) is 118 Å². The van der Waals surface area contributed by atoms with Crippen molar-refractivity contribution in [3.8, 4) is 23.0 Å². The molecule has 17 nitrogen and oxygen atoms in total. The molecule has 2 aliphatic heterocycles. The van der Waals surface area contributed by atoms with Crippen molar-refractivity contribution in [1.82, 2.24) is 25.1 Å². The van der Waals surface area contributed by atoms with Crippen LogP contribution in [0.5, 0.6) is 23.0 Å². The second-order valence-corrected chi connectivity index (χ2v) is 18.7. The van der Waals surface area contributed by atoms with Gasteiger partial charge in [0.15, 0.2) is 5.82 Å². The number of H-pyrrole nitrogens is 1. The van der Waals surface area contributed by atoms with Crippen LogP contribution in [0, 0.1) is 11.8 Å². The van der Waals surface area contributed by atoms with E-state index in [0.717, 1.165) is 87.1 Å². The molecule has 3 amide bonds. The van der Waals surface area contributed by atoms with Gasteiger partial charge in [-0.1, -0.05) is 44.0 Å². The number of anilines is 7. The first-order valence-electron chi connectivity index (χ1n) is 24.0. The number of rotatable bonds is 16. The minimum absolute atomic E-state index is 0.154. The topological polar surface area (TPSA) is 175 Å². The maximum Gasteiger partial charge on any atom is 0.327 e. The quantitative estimate of drug-likeness (QED) is 0.0722. The molecule has 2 fully saturated rings. The molecule has 8 rings (SSSR count). The standard InChI is InChI=1S/C27H34N4O3.C26H31Cl2N7O3/c1-18-11-19(2)17-31(16-18)23-9-6-21(7-10-23)27(32)28-26-14-22(29-30-26)8-5-20-12-24(33-3)15-25(13-20)34-4;1-5-34-10-12-35(13-11-34)18-8-6-17(7-9-18)31-21-15-22(30-16-29-21)33(2)26(36)32-25-23(27)19(37-3)14-20(38-4)24(25)28/h6-7,9-10,12-15,18-19H,5,8,11,16-17H2,1-4H3,(H2,28,29,30,32);6-9,14-16H,5,10-13H2,1-4H3,(H,32,36)(H,29,30,31). The Bertz CT molecular complexity index is 2690. The van der Waals surface area contributed by atoms with E-state index in [1.807, 2.05) is 60.7 Å². The lowest BCUT2D eigenvalue weighted by molar-refractivity contribution is 0.102. The number of ether oxygens (including phenoxy) is 4. The summed E-state index contributed by atoms with van der Waals surface area (Å²) >= 11 is 12.8. The van der Waals surface area contributed by atoms with Crippen molar-refractivity contribution in [3.63, 3.8) is 0 Å². The lowest BCUT2D eigenvalue weighted by atomic mass is 9.91. The average molecular weight is 1020 g/mol. The molecule has 4 aromatic carbocycles. The molecule has 4 heterocycles. The van der Waals surface area contributed by atoms with E-state index in [1.165, 1.54) is 43.2 Å². The number of halogens is 2. The van der Waals surface area contributed by atoms with Gasteiger partial charge in [0.1, 0.15) is 51.0 Å². The molecule has 19 heteroatoms. The highest BCUT2D eigenvalue weighted by atomic mass is 35.5. The summed E-state index contributed by atoms with van der Waals surface area (Å²) in [4.78, 5) is 42.9. The molecule has 2 aliphatic rings. The van der Waals surface area contributed by atoms with Crippen LogP contribution in [-0.4, -0.2) is 118 Å². The number of benzene rings is 4. The van der Waals surface area contributed by atoms with E-state index in [0.29, 0.717) is 46.4 Å². The number of piperazine rings is 1. The van der Waals surface area contributed by atoms with Crippen molar-refractivity contribution in [2.75, 3.05) is 112 Å². The number of aryl methyl sites for hydroxylation is 2. The highest BCUT2D eigenvalue weighted by Gasteiger charge is 2.24. The predicted molar refractivity (Wildman–Crippen MR) is 288 cm³/mol. The third kappa shape index (κ3) is 13.7. The molecule has 0 bridgehead atoms. The number of nitrogens with one attached hydrogen (secondary N) is 4. The third-order valence-electron chi connectivity index (χ3n) is 12.8. The van der Waals surface area contributed by atoms with Gasteiger partial charge in [0.25, 0.3) is 5.91 Å². The summed E-state index contributed by atoms with van der Waals surface area (Å²) < 4.78 is 21.2. The summed E-state index contributed by atoms with van der Waals surface area (Å²) in [6.07, 6.45) is 4.20. The summed E-state index contributed by atoms with van der Waals surface area (Å²) in [5, 5.41) is 16.5. The molecule has 2 unspecified atom stereocenters. The molecular weight excluding hydrogens is 958 g/mol. The van der Waals surface area contributed by atoms with Crippen LogP contribution in [0.2, 0.25) is 10.0 Å². The molecule has 2 atom stereocenters. The van der Waals surface area contributed by atoms with Crippen LogP contribution in [0.25, 0.3) is 0 Å². The Labute approximate surface area is 432 Å². The van der Waals surface area contributed by atoms with Gasteiger partial charge in [0.2, 0.25) is 0 Å². The molecule has 0 saturated carbocycles. The normalized spacial score (nSPS) is 15.7. The number of aromatic amines is 1. The summed E-state index contributed by atoms with van der Waals surface area (Å²) in [7, 11) is 7.79. The first-order valence-corrected chi connectivity index (χ1v) is 24.8. The molecular formula is C53H65Cl2N11O6. The first kappa shape index (κ1) is 52.9. The van der Waals surface area contributed by atoms with Gasteiger partial charge in [-0.3, -0.25) is 14.8 Å². The molecule has 2 saturated heterocycles. The van der Waals surface area contributed by atoms with E-state index >= 15 is 0 Å². The zero-order chi connectivity index (χ0) is 51.3. The molecule has 382 valence electrons. The van der Waals surface area contributed by atoms with Crippen molar-refractivity contribution in [2.24, 2.45) is 11.8 Å². The van der Waals surface area contributed by atoms with Gasteiger partial charge in [-0.05, 0) is 104 Å². The number of nitrogens with zero attached hydrogens (tertiary/aromatic N) is 7. The Morgan fingerprint density at radius 1 is 0.722 bits per heavy atom. The summed E-state index contributed by atoms with van der Waals surface area (Å²) in [5.74, 6) is 4.80. The van der Waals surface area contributed by atoms with Crippen molar-refractivity contribution < 1.29 is 28.5 Å². The Morgan fingerprint density at radius 2 is 1.33 bits per heavy atom. The highest BCUT2D eigenvalue weighted by molar-refractivity contribution is 6.41. The number of hydrogen-bond donors (Lipinski definition) is 4. The van der Waals surface area contributed by atoms with Crippen molar-refractivity contribution in [2.45, 2.75) is 40.0 Å². The van der Waals surface area contributed by atoms with Crippen LogP contribution in [0.4, 0.5) is 45.0 Å². The second kappa shape index (κ2) is 24.9. The fraction of sp³-hybridized carbons (Fsp3) is 0.377. The van der Waals surface area contributed by atoms with Gasteiger partial charge < -0.3 is 49.6 Å². The number of aromatic nitrogens is 4. The number of urea groups is 1. The van der Waals surface area contributed by atoms with Gasteiger partial charge in [0.05, 0.1) is 34.1 Å². The van der Waals surface area contributed by atoms with E-state index in [4.69, 9.17) is 42.1 Å². The zero-order valence-electron chi connectivity index (χ0n) is 42.2. The van der Waals surface area contributed by atoms with Gasteiger partial charge >= 0.3 is 6.03 Å². The molecule has 0 radical (unpaired) electrons. The number of carbonyl (C=O) groups excluding carboxylic acids is 2. The summed E-state index contributed by atoms with van der Waals surface area (Å²) in [6.45, 7) is 14.2. The lowest BCUT2D eigenvalue weighted by Gasteiger charge is -2.36. The number of likely N-dealkylation sites (N-methyl/N-ethyl adjacent to an activating group) is 1. The molecule has 2 aromatic heterocycles. The van der Waals surface area contributed by atoms with Crippen molar-refractivity contribution in [1.29, 1.82) is 0 Å². The van der Waals surface area contributed by atoms with E-state index in [9.17, 15) is 9.59 Å². The Hall–Kier alpha value is -6.95. The lowest BCUT2D eigenvalue weighted by Crippen LogP contribution is -2.46. The fourth-order valence-corrected chi connectivity index (χ4v) is 9.44. The second-order valence-electron chi connectivity index (χ2n) is 18.0. The molecule has 4 N–H and O–H groups in total. The third-order valence-corrected chi connectivity index (χ3v) is 13.5. The van der Waals surface area contributed by atoms with Gasteiger partial charge in [-0.15, -0.1) is 0 Å². The fourth-order valence-electron chi connectivity index (χ4n) is 8.84. The average Bonchev–Trinajstić information content (AvgIpc) is 3.86. The van der Waals surface area contributed by atoms with E-state index in [2.05, 4.69) is 83.7 Å². The van der Waals surface area contributed by atoms with Crippen molar-refractivity contribution >= 4 is 75.3 Å². The van der Waals surface area contributed by atoms with Crippen LogP contribution in [0.1, 0.15) is 48.8 Å². The Kier molecular flexibility index (Phi) is 18.3. The van der Waals surface area contributed by atoms with Gasteiger partial charge in [0, 0.05) is 98.9 Å². The van der Waals surface area contributed by atoms with Gasteiger partial charge in [-0.2, -0.15) is 5.10 Å². The number of hydrogen-bond acceptors (Lipinski definition) is 13. The molecule has 6 aromatic rings. The van der Waals surface area contributed by atoms with E-state index in [-0.39, 0.29) is 21.6 Å². The van der Waals surface area contributed by atoms with Crippen LogP contribution >= 0.6 is 23.2 Å². The Balaban J connectivity index is 0.000000213. The largest absolute Gasteiger partial charge is 0.497 e. The summed E-state index contributed by atoms with van der Waals surface area (Å²) in [6, 6.07) is 26.5. The maximum atomic E-state index is 13.0. The number of carbonyl (C=O) groups is 2. The number of piperidine rings is 1. The summed E-state index contributed by atoms with van der Waals surface area (Å²) in [5.41, 5.74) is 6.08. The van der Waals surface area contributed by atoms with Gasteiger partial charge in [-0.25, -0.2) is 14.8 Å². The maximum absolute atomic E-state index is 13.0. The first-order chi connectivity index (χ1) is 34.8. The predicted octanol–water partition coefficient (Wildman–Crippen LogP) is 10.3. The zero-order valence-corrected chi connectivity index (χ0v) is 43.7. The van der Waals surface area contributed by atoms with E-state index < -0.39 is 6.03 Å². The smallest absolute Gasteiger partial charge is 0.327 e. The SMILES string of the molecule is CCN1CCN(c2ccc(Nc3cc(N(C)C(=O)Nc4c(Cl)c(OC)cc(OC)c4Cl)ncn3)cc2)CC1.COc1cc(CCc2cc(NC(=O)c3ccc(N4CC(C)CC(C)C4)cc3)n[nH]2)cc(OC)c1. The Morgan fingerprint density at radius 3 is 1.93 bits per heavy atom. The van der Waals surface area contributed by atoms with Crippen LogP contribution < -0.4 is 49.6 Å². The van der Waals surface area contributed by atoms with Crippen LogP contribution in [0.15, 0.2) is 91.3 Å². The monoisotopic (exact) mass is 1020 g/mol. The highest BCUT2D eigenvalue weighted by Crippen LogP contribution is 2.44. The number of amides is 3. The molecule has 0 aliphatic carbocycles. The molecule has 72 heavy (non-hydrogen) atoms.